The molecule has 3 rings (SSSR count). The molecular weight excluding hydrogens is 350 g/mol. The zero-order valence-electron chi connectivity index (χ0n) is 12.9. The summed E-state index contributed by atoms with van der Waals surface area (Å²) in [6.45, 7) is -0.261. The summed E-state index contributed by atoms with van der Waals surface area (Å²) < 4.78 is 33.2. The van der Waals surface area contributed by atoms with Crippen LogP contribution in [0.1, 0.15) is 0 Å². The Hall–Kier alpha value is -2.99. The second kappa shape index (κ2) is 6.86. The first-order valence-corrected chi connectivity index (χ1v) is 8.20. The number of benzene rings is 1. The molecule has 1 aromatic carbocycles. The first kappa shape index (κ1) is 16.9. The number of ether oxygens (including phenoxy) is 1. The van der Waals surface area contributed by atoms with Crippen LogP contribution in [0.2, 0.25) is 0 Å². The Bertz CT molecular complexity index is 1060. The van der Waals surface area contributed by atoms with Gasteiger partial charge in [0, 0.05) is 17.6 Å². The normalized spacial score (nSPS) is 10.6. The SMILES string of the molecule is CSc1ncc2cc(Oc3ccc(F)cc3F)c(=O)n(CC#N)c2n1. The van der Waals surface area contributed by atoms with Crippen molar-refractivity contribution in [3.8, 4) is 17.6 Å². The third-order valence-electron chi connectivity index (χ3n) is 3.30. The van der Waals surface area contributed by atoms with Crippen molar-refractivity contribution in [1.82, 2.24) is 14.5 Å². The van der Waals surface area contributed by atoms with Crippen LogP contribution >= 0.6 is 11.8 Å². The van der Waals surface area contributed by atoms with Crippen LogP contribution in [0.25, 0.3) is 11.0 Å². The monoisotopic (exact) mass is 360 g/mol. The number of thioether (sulfide) groups is 1. The third-order valence-corrected chi connectivity index (χ3v) is 3.86. The highest BCUT2D eigenvalue weighted by Gasteiger charge is 2.15. The lowest BCUT2D eigenvalue weighted by molar-refractivity contribution is 0.429. The van der Waals surface area contributed by atoms with Crippen LogP contribution in [0.4, 0.5) is 8.78 Å². The predicted octanol–water partition coefficient (Wildman–Crippen LogP) is 3.11. The molecule has 3 aromatic rings. The van der Waals surface area contributed by atoms with E-state index in [0.717, 1.165) is 16.7 Å². The van der Waals surface area contributed by atoms with E-state index in [4.69, 9.17) is 10.00 Å². The minimum Gasteiger partial charge on any atom is -0.448 e. The molecule has 0 aliphatic rings. The molecule has 0 aliphatic carbocycles. The van der Waals surface area contributed by atoms with Crippen molar-refractivity contribution in [3.05, 3.63) is 52.5 Å². The van der Waals surface area contributed by atoms with E-state index in [1.54, 1.807) is 6.26 Å². The summed E-state index contributed by atoms with van der Waals surface area (Å²) in [5, 5.41) is 9.88. The van der Waals surface area contributed by atoms with E-state index < -0.39 is 17.2 Å². The van der Waals surface area contributed by atoms with Gasteiger partial charge in [-0.15, -0.1) is 0 Å². The van der Waals surface area contributed by atoms with Gasteiger partial charge in [-0.05, 0) is 24.5 Å². The van der Waals surface area contributed by atoms with Gasteiger partial charge in [0.2, 0.25) is 0 Å². The second-order valence-electron chi connectivity index (χ2n) is 4.87. The Morgan fingerprint density at radius 1 is 1.32 bits per heavy atom. The molecule has 0 unspecified atom stereocenters. The summed E-state index contributed by atoms with van der Waals surface area (Å²) in [6.07, 6.45) is 3.26. The molecule has 9 heteroatoms. The molecule has 0 saturated carbocycles. The molecule has 0 atom stereocenters. The van der Waals surface area contributed by atoms with Crippen molar-refractivity contribution in [2.75, 3.05) is 6.26 Å². The molecular formula is C16H10F2N4O2S. The van der Waals surface area contributed by atoms with E-state index in [1.807, 2.05) is 6.07 Å². The average molecular weight is 360 g/mol. The number of halogens is 2. The summed E-state index contributed by atoms with van der Waals surface area (Å²) in [5.41, 5.74) is -0.374. The molecule has 126 valence electrons. The first-order chi connectivity index (χ1) is 12.0. The number of aromatic nitrogens is 3. The summed E-state index contributed by atoms with van der Waals surface area (Å²) >= 11 is 1.29. The number of fused-ring (bicyclic) bond motifs is 1. The molecule has 0 saturated heterocycles. The van der Waals surface area contributed by atoms with Gasteiger partial charge < -0.3 is 4.74 Å². The maximum Gasteiger partial charge on any atom is 0.296 e. The van der Waals surface area contributed by atoms with Gasteiger partial charge in [0.25, 0.3) is 5.56 Å². The van der Waals surface area contributed by atoms with Crippen LogP contribution in [0.15, 0.2) is 40.4 Å². The molecule has 0 N–H and O–H groups in total. The van der Waals surface area contributed by atoms with E-state index >= 15 is 0 Å². The molecule has 0 spiro atoms. The lowest BCUT2D eigenvalue weighted by Crippen LogP contribution is -2.22. The standard InChI is InChI=1S/C16H10F2N4O2S/c1-25-16-20-8-9-6-13(15(23)22(5-4-19)14(9)21-16)24-12-3-2-10(17)7-11(12)18/h2-3,6-8H,5H2,1H3. The summed E-state index contributed by atoms with van der Waals surface area (Å²) in [6, 6.07) is 5.99. The average Bonchev–Trinajstić information content (AvgIpc) is 2.60. The van der Waals surface area contributed by atoms with Crippen molar-refractivity contribution in [3.63, 3.8) is 0 Å². The highest BCUT2D eigenvalue weighted by molar-refractivity contribution is 7.98. The Kier molecular flexibility index (Phi) is 4.63. The number of pyridine rings is 1. The fourth-order valence-corrected chi connectivity index (χ4v) is 2.52. The predicted molar refractivity (Wildman–Crippen MR) is 87.6 cm³/mol. The van der Waals surface area contributed by atoms with Gasteiger partial charge in [0.1, 0.15) is 18.0 Å². The molecule has 6 nitrogen and oxygen atoms in total. The van der Waals surface area contributed by atoms with E-state index in [-0.39, 0.29) is 23.7 Å². The lowest BCUT2D eigenvalue weighted by Gasteiger charge is -2.11. The maximum atomic E-state index is 13.8. The Morgan fingerprint density at radius 2 is 2.12 bits per heavy atom. The minimum atomic E-state index is -0.944. The summed E-state index contributed by atoms with van der Waals surface area (Å²) in [7, 11) is 0. The number of nitrogens with zero attached hydrogens (tertiary/aromatic N) is 4. The first-order valence-electron chi connectivity index (χ1n) is 6.98. The number of nitriles is 1. The van der Waals surface area contributed by atoms with Crippen LogP contribution in [0, 0.1) is 23.0 Å². The van der Waals surface area contributed by atoms with Crippen molar-refractivity contribution in [2.24, 2.45) is 0 Å². The van der Waals surface area contributed by atoms with Crippen LogP contribution in [-0.4, -0.2) is 20.8 Å². The Morgan fingerprint density at radius 3 is 2.80 bits per heavy atom. The Labute approximate surface area is 144 Å². The van der Waals surface area contributed by atoms with Gasteiger partial charge in [-0.1, -0.05) is 11.8 Å². The van der Waals surface area contributed by atoms with Gasteiger partial charge in [-0.25, -0.2) is 18.7 Å². The quantitative estimate of drug-likeness (QED) is 0.525. The van der Waals surface area contributed by atoms with Crippen LogP contribution < -0.4 is 10.3 Å². The number of rotatable bonds is 4. The van der Waals surface area contributed by atoms with Crippen molar-refractivity contribution >= 4 is 22.8 Å². The smallest absolute Gasteiger partial charge is 0.296 e. The van der Waals surface area contributed by atoms with Gasteiger partial charge in [0.05, 0.1) is 6.07 Å². The number of hydrogen-bond acceptors (Lipinski definition) is 6. The van der Waals surface area contributed by atoms with Crippen LogP contribution in [0.3, 0.4) is 0 Å². The maximum absolute atomic E-state index is 13.8. The third kappa shape index (κ3) is 3.29. The highest BCUT2D eigenvalue weighted by atomic mass is 32.2. The highest BCUT2D eigenvalue weighted by Crippen LogP contribution is 2.25. The Balaban J connectivity index is 2.17. The molecule has 0 radical (unpaired) electrons. The van der Waals surface area contributed by atoms with Gasteiger partial charge in [-0.3, -0.25) is 9.36 Å². The van der Waals surface area contributed by atoms with Gasteiger partial charge in [0.15, 0.2) is 22.5 Å². The number of hydrogen-bond donors (Lipinski definition) is 0. The van der Waals surface area contributed by atoms with Crippen molar-refractivity contribution < 1.29 is 13.5 Å². The zero-order valence-corrected chi connectivity index (χ0v) is 13.7. The fourth-order valence-electron chi connectivity index (χ4n) is 2.18. The van der Waals surface area contributed by atoms with Gasteiger partial charge >= 0.3 is 0 Å². The lowest BCUT2D eigenvalue weighted by atomic mass is 10.3. The van der Waals surface area contributed by atoms with E-state index in [2.05, 4.69) is 9.97 Å². The minimum absolute atomic E-state index is 0.214. The van der Waals surface area contributed by atoms with Crippen LogP contribution in [-0.2, 0) is 6.54 Å². The van der Waals surface area contributed by atoms with Crippen molar-refractivity contribution in [2.45, 2.75) is 11.7 Å². The summed E-state index contributed by atoms with van der Waals surface area (Å²) in [4.78, 5) is 20.9. The van der Waals surface area contributed by atoms with E-state index in [9.17, 15) is 13.6 Å². The van der Waals surface area contributed by atoms with E-state index in [1.165, 1.54) is 24.0 Å². The second-order valence-corrected chi connectivity index (χ2v) is 5.64. The molecule has 0 aliphatic heterocycles. The molecule has 25 heavy (non-hydrogen) atoms. The largest absolute Gasteiger partial charge is 0.448 e. The van der Waals surface area contributed by atoms with Crippen molar-refractivity contribution in [1.29, 1.82) is 5.26 Å². The molecule has 2 aromatic heterocycles. The molecule has 0 fully saturated rings. The topological polar surface area (TPSA) is 80.8 Å². The molecule has 0 bridgehead atoms. The van der Waals surface area contributed by atoms with E-state index in [0.29, 0.717) is 16.6 Å². The summed E-state index contributed by atoms with van der Waals surface area (Å²) in [5.74, 6) is -2.22. The van der Waals surface area contributed by atoms with Crippen LogP contribution in [0.5, 0.6) is 11.5 Å². The fraction of sp³-hybridized carbons (Fsp3) is 0.125. The molecule has 0 amide bonds. The van der Waals surface area contributed by atoms with Gasteiger partial charge in [-0.2, -0.15) is 5.26 Å². The molecule has 2 heterocycles. The zero-order chi connectivity index (χ0) is 18.0.